The molecule has 1 aromatic rings. The highest BCUT2D eigenvalue weighted by Gasteiger charge is 2.29. The molecule has 1 atom stereocenters. The number of carbonyl (C=O) groups excluding carboxylic acids is 1. The van der Waals surface area contributed by atoms with E-state index in [9.17, 15) is 13.2 Å². The molecule has 6 nitrogen and oxygen atoms in total. The zero-order valence-corrected chi connectivity index (χ0v) is 13.9. The number of hydrogen-bond donors (Lipinski definition) is 1. The first-order chi connectivity index (χ1) is 10.4. The zero-order valence-electron chi connectivity index (χ0n) is 13.1. The second kappa shape index (κ2) is 6.66. The Morgan fingerprint density at radius 3 is 2.73 bits per heavy atom. The molecule has 1 aliphatic rings. The molecule has 0 aliphatic carbocycles. The van der Waals surface area contributed by atoms with Gasteiger partial charge in [0, 0.05) is 20.1 Å². The predicted molar refractivity (Wildman–Crippen MR) is 83.5 cm³/mol. The summed E-state index contributed by atoms with van der Waals surface area (Å²) in [5, 5.41) is 2.49. The highest BCUT2D eigenvalue weighted by Crippen LogP contribution is 2.27. The van der Waals surface area contributed by atoms with E-state index in [0.29, 0.717) is 24.8 Å². The Kier molecular flexibility index (Phi) is 5.08. The van der Waals surface area contributed by atoms with Crippen LogP contribution in [-0.2, 0) is 10.0 Å². The molecular weight excluding hydrogens is 304 g/mol. The average Bonchev–Trinajstić information content (AvgIpc) is 2.53. The van der Waals surface area contributed by atoms with Crippen LogP contribution in [0.1, 0.15) is 30.1 Å². The molecule has 1 aliphatic heterocycles. The van der Waals surface area contributed by atoms with Gasteiger partial charge in [0.25, 0.3) is 5.91 Å². The molecule has 1 heterocycles. The summed E-state index contributed by atoms with van der Waals surface area (Å²) in [5.41, 5.74) is 0.219. The van der Waals surface area contributed by atoms with E-state index >= 15 is 0 Å². The number of ether oxygens (including phenoxy) is 1. The van der Waals surface area contributed by atoms with Crippen molar-refractivity contribution in [3.8, 4) is 5.75 Å². The fraction of sp³-hybridized carbons (Fsp3) is 0.533. The van der Waals surface area contributed by atoms with E-state index in [-0.39, 0.29) is 16.4 Å². The van der Waals surface area contributed by atoms with Crippen LogP contribution in [0.4, 0.5) is 0 Å². The summed E-state index contributed by atoms with van der Waals surface area (Å²) in [7, 11) is -0.644. The first-order valence-corrected chi connectivity index (χ1v) is 8.74. The Balaban J connectivity index is 2.41. The van der Waals surface area contributed by atoms with Crippen LogP contribution in [0.25, 0.3) is 0 Å². The van der Waals surface area contributed by atoms with Crippen LogP contribution >= 0.6 is 0 Å². The SMILES string of the molecule is CNC(=O)c1cc(S(=O)(=O)N2CCC[C@@H](C)C2)ccc1OC. The molecule has 122 valence electrons. The molecule has 0 bridgehead atoms. The van der Waals surface area contributed by atoms with Crippen LogP contribution in [0.3, 0.4) is 0 Å². The van der Waals surface area contributed by atoms with Crippen molar-refractivity contribution in [3.05, 3.63) is 23.8 Å². The molecule has 22 heavy (non-hydrogen) atoms. The summed E-state index contributed by atoms with van der Waals surface area (Å²) in [5.74, 6) is 0.325. The largest absolute Gasteiger partial charge is 0.496 e. The van der Waals surface area contributed by atoms with Crippen molar-refractivity contribution in [3.63, 3.8) is 0 Å². The molecule has 2 rings (SSSR count). The van der Waals surface area contributed by atoms with Gasteiger partial charge in [0.15, 0.2) is 0 Å². The predicted octanol–water partition coefficient (Wildman–Crippen LogP) is 1.48. The molecular formula is C15H22N2O4S. The summed E-state index contributed by atoms with van der Waals surface area (Å²) in [6, 6.07) is 4.39. The quantitative estimate of drug-likeness (QED) is 0.909. The van der Waals surface area contributed by atoms with E-state index in [1.807, 2.05) is 6.92 Å². The molecule has 0 saturated carbocycles. The molecule has 1 saturated heterocycles. The summed E-state index contributed by atoms with van der Waals surface area (Å²) in [4.78, 5) is 12.0. The van der Waals surface area contributed by atoms with Gasteiger partial charge in [-0.2, -0.15) is 4.31 Å². The van der Waals surface area contributed by atoms with E-state index in [1.165, 1.54) is 36.7 Å². The van der Waals surface area contributed by atoms with Gasteiger partial charge in [-0.1, -0.05) is 6.92 Å². The van der Waals surface area contributed by atoms with Crippen molar-refractivity contribution in [2.24, 2.45) is 5.92 Å². The maximum Gasteiger partial charge on any atom is 0.254 e. The van der Waals surface area contributed by atoms with Crippen LogP contribution in [-0.4, -0.2) is 45.9 Å². The molecule has 0 aromatic heterocycles. The Morgan fingerprint density at radius 2 is 2.14 bits per heavy atom. The topological polar surface area (TPSA) is 75.7 Å². The van der Waals surface area contributed by atoms with Crippen LogP contribution in [0.2, 0.25) is 0 Å². The summed E-state index contributed by atoms with van der Waals surface area (Å²) >= 11 is 0. The normalized spacial score (nSPS) is 19.7. The molecule has 0 radical (unpaired) electrons. The standard InChI is InChI=1S/C15H22N2O4S/c1-11-5-4-8-17(10-11)22(19,20)12-6-7-14(21-3)13(9-12)15(18)16-2/h6-7,9,11H,4-5,8,10H2,1-3H3,(H,16,18)/t11-/m1/s1. The fourth-order valence-corrected chi connectivity index (χ4v) is 4.30. The van der Waals surface area contributed by atoms with Gasteiger partial charge in [-0.15, -0.1) is 0 Å². The van der Waals surface area contributed by atoms with Gasteiger partial charge in [-0.05, 0) is 37.0 Å². The first kappa shape index (κ1) is 16.8. The van der Waals surface area contributed by atoms with E-state index in [1.54, 1.807) is 0 Å². The van der Waals surface area contributed by atoms with Gasteiger partial charge in [-0.25, -0.2) is 8.42 Å². The van der Waals surface area contributed by atoms with Gasteiger partial charge in [0.05, 0.1) is 17.6 Å². The second-order valence-electron chi connectivity index (χ2n) is 5.55. The number of methoxy groups -OCH3 is 1. The summed E-state index contributed by atoms with van der Waals surface area (Å²) in [6.45, 7) is 3.09. The van der Waals surface area contributed by atoms with Gasteiger partial charge in [0.2, 0.25) is 10.0 Å². The van der Waals surface area contributed by atoms with Crippen LogP contribution in [0.15, 0.2) is 23.1 Å². The number of amides is 1. The number of benzene rings is 1. The monoisotopic (exact) mass is 326 g/mol. The Morgan fingerprint density at radius 1 is 1.41 bits per heavy atom. The molecule has 1 N–H and O–H groups in total. The summed E-state index contributed by atoms with van der Waals surface area (Å²) < 4.78 is 32.1. The third-order valence-electron chi connectivity index (χ3n) is 3.90. The van der Waals surface area contributed by atoms with E-state index in [0.717, 1.165) is 12.8 Å². The molecule has 1 aromatic carbocycles. The van der Waals surface area contributed by atoms with E-state index in [2.05, 4.69) is 5.32 Å². The van der Waals surface area contributed by atoms with Crippen molar-refractivity contribution < 1.29 is 17.9 Å². The van der Waals surface area contributed by atoms with Crippen molar-refractivity contribution in [2.75, 3.05) is 27.2 Å². The smallest absolute Gasteiger partial charge is 0.254 e. The molecule has 7 heteroatoms. The average molecular weight is 326 g/mol. The van der Waals surface area contributed by atoms with Gasteiger partial charge < -0.3 is 10.1 Å². The van der Waals surface area contributed by atoms with Gasteiger partial charge in [0.1, 0.15) is 5.75 Å². The first-order valence-electron chi connectivity index (χ1n) is 7.30. The molecule has 0 spiro atoms. The Labute approximate surface area is 131 Å². The minimum absolute atomic E-state index is 0.126. The van der Waals surface area contributed by atoms with Gasteiger partial charge in [-0.3, -0.25) is 4.79 Å². The van der Waals surface area contributed by atoms with Crippen LogP contribution in [0, 0.1) is 5.92 Å². The number of nitrogens with zero attached hydrogens (tertiary/aromatic N) is 1. The summed E-state index contributed by atoms with van der Waals surface area (Å²) in [6.07, 6.45) is 1.90. The number of nitrogens with one attached hydrogen (secondary N) is 1. The van der Waals surface area contributed by atoms with Crippen LogP contribution < -0.4 is 10.1 Å². The van der Waals surface area contributed by atoms with Crippen molar-refractivity contribution >= 4 is 15.9 Å². The van der Waals surface area contributed by atoms with Crippen molar-refractivity contribution in [1.82, 2.24) is 9.62 Å². The number of rotatable bonds is 4. The lowest BCUT2D eigenvalue weighted by Gasteiger charge is -2.30. The number of sulfonamides is 1. The lowest BCUT2D eigenvalue weighted by molar-refractivity contribution is 0.0960. The maximum absolute atomic E-state index is 12.7. The fourth-order valence-electron chi connectivity index (χ4n) is 2.67. The molecule has 0 unspecified atom stereocenters. The minimum Gasteiger partial charge on any atom is -0.496 e. The lowest BCUT2D eigenvalue weighted by atomic mass is 10.0. The number of carbonyl (C=O) groups is 1. The van der Waals surface area contributed by atoms with Crippen LogP contribution in [0.5, 0.6) is 5.75 Å². The Hall–Kier alpha value is -1.60. The molecule has 1 amide bonds. The highest BCUT2D eigenvalue weighted by atomic mass is 32.2. The van der Waals surface area contributed by atoms with E-state index in [4.69, 9.17) is 4.74 Å². The second-order valence-corrected chi connectivity index (χ2v) is 7.49. The Bertz CT molecular complexity index is 658. The maximum atomic E-state index is 12.7. The third-order valence-corrected chi connectivity index (χ3v) is 5.76. The number of hydrogen-bond acceptors (Lipinski definition) is 4. The zero-order chi connectivity index (χ0) is 16.3. The third kappa shape index (κ3) is 3.25. The van der Waals surface area contributed by atoms with Crippen molar-refractivity contribution in [2.45, 2.75) is 24.7 Å². The highest BCUT2D eigenvalue weighted by molar-refractivity contribution is 7.89. The van der Waals surface area contributed by atoms with Crippen molar-refractivity contribution in [1.29, 1.82) is 0 Å². The molecule has 1 fully saturated rings. The minimum atomic E-state index is -3.59. The number of piperidine rings is 1. The lowest BCUT2D eigenvalue weighted by Crippen LogP contribution is -2.39. The van der Waals surface area contributed by atoms with Gasteiger partial charge >= 0.3 is 0 Å². The van der Waals surface area contributed by atoms with E-state index < -0.39 is 10.0 Å².